The Hall–Kier alpha value is -3.43. The Bertz CT molecular complexity index is 1170. The molecule has 0 saturated heterocycles. The molecule has 0 aliphatic carbocycles. The lowest BCUT2D eigenvalue weighted by molar-refractivity contribution is 0.0951. The summed E-state index contributed by atoms with van der Waals surface area (Å²) in [7, 11) is -3.53. The minimum atomic E-state index is -3.53. The van der Waals surface area contributed by atoms with E-state index >= 15 is 0 Å². The molecule has 2 N–H and O–H groups in total. The number of para-hydroxylation sites is 1. The summed E-state index contributed by atoms with van der Waals surface area (Å²) < 4.78 is 31.6. The number of hydrogen-bond acceptors (Lipinski definition) is 5. The van der Waals surface area contributed by atoms with Gasteiger partial charge < -0.3 is 15.1 Å². The highest BCUT2D eigenvalue weighted by molar-refractivity contribution is 7.89. The summed E-state index contributed by atoms with van der Waals surface area (Å²) in [5.74, 6) is -0.694. The van der Waals surface area contributed by atoms with E-state index in [-0.39, 0.29) is 23.1 Å². The molecule has 9 heteroatoms. The first-order chi connectivity index (χ1) is 15.4. The average molecular weight is 456 g/mol. The Labute approximate surface area is 187 Å². The molecule has 0 aliphatic rings. The van der Waals surface area contributed by atoms with Crippen LogP contribution in [-0.2, 0) is 16.6 Å². The number of furan rings is 1. The molecule has 2 amide bonds. The van der Waals surface area contributed by atoms with E-state index in [0.717, 1.165) is 5.56 Å². The molecule has 0 atom stereocenters. The number of anilines is 1. The largest absolute Gasteiger partial charge is 0.459 e. The van der Waals surface area contributed by atoms with Gasteiger partial charge in [0.25, 0.3) is 11.8 Å². The van der Waals surface area contributed by atoms with Gasteiger partial charge in [-0.2, -0.15) is 4.31 Å². The Morgan fingerprint density at radius 2 is 1.59 bits per heavy atom. The predicted molar refractivity (Wildman–Crippen MR) is 121 cm³/mol. The van der Waals surface area contributed by atoms with Crippen LogP contribution in [0, 0.1) is 0 Å². The molecular weight excluding hydrogens is 430 g/mol. The van der Waals surface area contributed by atoms with E-state index in [9.17, 15) is 18.0 Å². The highest BCUT2D eigenvalue weighted by Gasteiger charge is 2.21. The molecule has 0 unspecified atom stereocenters. The van der Waals surface area contributed by atoms with Gasteiger partial charge in [0, 0.05) is 19.6 Å². The van der Waals surface area contributed by atoms with Crippen LogP contribution in [-0.4, -0.2) is 37.6 Å². The fraction of sp³-hybridized carbons (Fsp3) is 0.217. The van der Waals surface area contributed by atoms with Crippen molar-refractivity contribution < 1.29 is 22.4 Å². The van der Waals surface area contributed by atoms with Gasteiger partial charge in [-0.1, -0.05) is 38.1 Å². The Kier molecular flexibility index (Phi) is 7.45. The molecule has 0 fully saturated rings. The summed E-state index contributed by atoms with van der Waals surface area (Å²) in [6.45, 7) is 4.57. The summed E-state index contributed by atoms with van der Waals surface area (Å²) in [6, 6.07) is 16.2. The molecule has 3 rings (SSSR count). The Morgan fingerprint density at radius 1 is 0.906 bits per heavy atom. The lowest BCUT2D eigenvalue weighted by Crippen LogP contribution is -2.30. The quantitative estimate of drug-likeness (QED) is 0.513. The van der Waals surface area contributed by atoms with Gasteiger partial charge in [0.05, 0.1) is 22.4 Å². The monoisotopic (exact) mass is 455 g/mol. The molecule has 168 valence electrons. The van der Waals surface area contributed by atoms with Crippen molar-refractivity contribution in [3.05, 3.63) is 83.8 Å². The topological polar surface area (TPSA) is 109 Å². The van der Waals surface area contributed by atoms with E-state index in [4.69, 9.17) is 4.42 Å². The van der Waals surface area contributed by atoms with Crippen LogP contribution >= 0.6 is 0 Å². The fourth-order valence-corrected chi connectivity index (χ4v) is 4.61. The van der Waals surface area contributed by atoms with Gasteiger partial charge in [-0.25, -0.2) is 8.42 Å². The number of carbonyl (C=O) groups is 2. The molecule has 0 spiro atoms. The normalized spacial score (nSPS) is 11.3. The number of nitrogens with zero attached hydrogens (tertiary/aromatic N) is 1. The lowest BCUT2D eigenvalue weighted by atomic mass is 10.1. The minimum Gasteiger partial charge on any atom is -0.459 e. The van der Waals surface area contributed by atoms with Crippen LogP contribution in [0.25, 0.3) is 0 Å². The van der Waals surface area contributed by atoms with E-state index in [2.05, 4.69) is 10.6 Å². The van der Waals surface area contributed by atoms with Crippen LogP contribution in [0.15, 0.2) is 76.2 Å². The number of hydrogen-bond donors (Lipinski definition) is 2. The highest BCUT2D eigenvalue weighted by atomic mass is 32.2. The van der Waals surface area contributed by atoms with Gasteiger partial charge in [0.2, 0.25) is 10.0 Å². The van der Waals surface area contributed by atoms with Crippen LogP contribution < -0.4 is 10.6 Å². The van der Waals surface area contributed by atoms with Gasteiger partial charge in [0.1, 0.15) is 0 Å². The van der Waals surface area contributed by atoms with E-state index in [1.807, 2.05) is 0 Å². The third-order valence-corrected chi connectivity index (χ3v) is 6.95. The van der Waals surface area contributed by atoms with Crippen molar-refractivity contribution in [1.29, 1.82) is 0 Å². The first-order valence-corrected chi connectivity index (χ1v) is 11.6. The van der Waals surface area contributed by atoms with Crippen LogP contribution in [0.2, 0.25) is 0 Å². The predicted octanol–water partition coefficient (Wildman–Crippen LogP) is 3.49. The van der Waals surface area contributed by atoms with Crippen molar-refractivity contribution in [2.24, 2.45) is 0 Å². The molecule has 1 aromatic heterocycles. The van der Waals surface area contributed by atoms with Crippen LogP contribution in [0.1, 0.15) is 40.3 Å². The zero-order valence-corrected chi connectivity index (χ0v) is 18.7. The average Bonchev–Trinajstić information content (AvgIpc) is 3.34. The van der Waals surface area contributed by atoms with Crippen LogP contribution in [0.5, 0.6) is 0 Å². The van der Waals surface area contributed by atoms with Crippen LogP contribution in [0.4, 0.5) is 5.69 Å². The standard InChI is InChI=1S/C23H25N3O5S/c1-3-26(4-2)32(29,30)18-13-11-17(12-14-18)16-24-22(27)19-8-5-6-9-20(19)25-23(28)21-10-7-15-31-21/h5-15H,3-4,16H2,1-2H3,(H,24,27)(H,25,28). The SMILES string of the molecule is CCN(CC)S(=O)(=O)c1ccc(CNC(=O)c2ccccc2NC(=O)c2ccco2)cc1. The maximum absolute atomic E-state index is 12.7. The number of benzene rings is 2. The summed E-state index contributed by atoms with van der Waals surface area (Å²) in [5.41, 5.74) is 1.40. The number of nitrogens with one attached hydrogen (secondary N) is 2. The number of rotatable bonds is 9. The fourth-order valence-electron chi connectivity index (χ4n) is 3.15. The van der Waals surface area contributed by atoms with Gasteiger partial charge in [-0.15, -0.1) is 0 Å². The second-order valence-corrected chi connectivity index (χ2v) is 8.83. The molecule has 32 heavy (non-hydrogen) atoms. The number of amides is 2. The third kappa shape index (κ3) is 5.24. The van der Waals surface area contributed by atoms with Crippen molar-refractivity contribution in [1.82, 2.24) is 9.62 Å². The van der Waals surface area contributed by atoms with Gasteiger partial charge in [-0.3, -0.25) is 9.59 Å². The molecule has 3 aromatic rings. The molecular formula is C23H25N3O5S. The Morgan fingerprint density at radius 3 is 2.22 bits per heavy atom. The van der Waals surface area contributed by atoms with E-state index in [1.165, 1.54) is 28.8 Å². The van der Waals surface area contributed by atoms with Crippen molar-refractivity contribution in [2.75, 3.05) is 18.4 Å². The maximum atomic E-state index is 12.7. The van der Waals surface area contributed by atoms with Crippen molar-refractivity contribution in [3.63, 3.8) is 0 Å². The zero-order chi connectivity index (χ0) is 23.1. The highest BCUT2D eigenvalue weighted by Crippen LogP contribution is 2.18. The maximum Gasteiger partial charge on any atom is 0.291 e. The molecule has 0 bridgehead atoms. The molecule has 0 radical (unpaired) electrons. The van der Waals surface area contributed by atoms with Gasteiger partial charge in [0.15, 0.2) is 5.76 Å². The zero-order valence-electron chi connectivity index (χ0n) is 17.9. The Balaban J connectivity index is 1.67. The minimum absolute atomic E-state index is 0.139. The van der Waals surface area contributed by atoms with Gasteiger partial charge in [-0.05, 0) is 42.0 Å². The number of carbonyl (C=O) groups excluding carboxylic acids is 2. The summed E-state index contributed by atoms with van der Waals surface area (Å²) in [5, 5.41) is 5.47. The summed E-state index contributed by atoms with van der Waals surface area (Å²) in [4.78, 5) is 25.2. The van der Waals surface area contributed by atoms with E-state index in [0.29, 0.717) is 24.3 Å². The summed E-state index contributed by atoms with van der Waals surface area (Å²) >= 11 is 0. The molecule has 1 heterocycles. The second-order valence-electron chi connectivity index (χ2n) is 6.89. The first kappa shape index (κ1) is 23.2. The van der Waals surface area contributed by atoms with Gasteiger partial charge >= 0.3 is 0 Å². The molecule has 0 aliphatic heterocycles. The van der Waals surface area contributed by atoms with E-state index < -0.39 is 15.9 Å². The lowest BCUT2D eigenvalue weighted by Gasteiger charge is -2.18. The van der Waals surface area contributed by atoms with Crippen LogP contribution in [0.3, 0.4) is 0 Å². The molecule has 2 aromatic carbocycles. The second kappa shape index (κ2) is 10.3. The first-order valence-electron chi connectivity index (χ1n) is 10.2. The van der Waals surface area contributed by atoms with Crippen molar-refractivity contribution in [2.45, 2.75) is 25.3 Å². The van der Waals surface area contributed by atoms with Crippen molar-refractivity contribution in [3.8, 4) is 0 Å². The van der Waals surface area contributed by atoms with E-state index in [1.54, 1.807) is 56.3 Å². The molecule has 0 saturated carbocycles. The summed E-state index contributed by atoms with van der Waals surface area (Å²) in [6.07, 6.45) is 1.39. The third-order valence-electron chi connectivity index (χ3n) is 4.88. The van der Waals surface area contributed by atoms with Crippen molar-refractivity contribution >= 4 is 27.5 Å². The smallest absolute Gasteiger partial charge is 0.291 e. The molecule has 8 nitrogen and oxygen atoms in total. The number of sulfonamides is 1.